The number of aryl methyl sites for hydroxylation is 2. The van der Waals surface area contributed by atoms with Gasteiger partial charge in [0.25, 0.3) is 11.1 Å². The van der Waals surface area contributed by atoms with E-state index in [2.05, 4.69) is 5.32 Å². The van der Waals surface area contributed by atoms with Gasteiger partial charge in [-0.2, -0.15) is 0 Å². The lowest BCUT2D eigenvalue weighted by molar-refractivity contribution is -0.127. The van der Waals surface area contributed by atoms with Gasteiger partial charge in [0.1, 0.15) is 24.7 Å². The molecule has 0 aromatic heterocycles. The average Bonchev–Trinajstić information content (AvgIpc) is 3.08. The first-order valence-corrected chi connectivity index (χ1v) is 12.2. The molecule has 0 aliphatic carbocycles. The number of amides is 3. The van der Waals surface area contributed by atoms with E-state index in [0.29, 0.717) is 17.0 Å². The van der Waals surface area contributed by atoms with Crippen molar-refractivity contribution in [2.45, 2.75) is 20.5 Å². The third kappa shape index (κ3) is 5.95. The lowest BCUT2D eigenvalue weighted by Crippen LogP contribution is -2.36. The molecule has 0 bridgehead atoms. The second-order valence-corrected chi connectivity index (χ2v) is 9.58. The Balaban J connectivity index is 1.41. The molecule has 9 heteroatoms. The number of rotatable bonds is 7. The molecule has 0 radical (unpaired) electrons. The summed E-state index contributed by atoms with van der Waals surface area (Å²) in [6.07, 6.45) is 1.55. The normalized spacial score (nSPS) is 14.4. The van der Waals surface area contributed by atoms with Crippen molar-refractivity contribution >= 4 is 52.2 Å². The van der Waals surface area contributed by atoms with Crippen molar-refractivity contribution in [3.8, 4) is 5.75 Å². The summed E-state index contributed by atoms with van der Waals surface area (Å²) >= 11 is 6.80. The molecule has 1 aliphatic heterocycles. The molecule has 0 atom stereocenters. The van der Waals surface area contributed by atoms with Crippen molar-refractivity contribution in [3.63, 3.8) is 0 Å². The van der Waals surface area contributed by atoms with E-state index in [-0.39, 0.29) is 28.6 Å². The molecule has 1 aliphatic rings. The molecule has 3 aromatic carbocycles. The van der Waals surface area contributed by atoms with E-state index in [0.717, 1.165) is 27.8 Å². The van der Waals surface area contributed by atoms with E-state index in [4.69, 9.17) is 16.3 Å². The minimum Gasteiger partial charge on any atom is -0.489 e. The summed E-state index contributed by atoms with van der Waals surface area (Å²) in [5, 5.41) is 2.46. The minimum atomic E-state index is -0.551. The summed E-state index contributed by atoms with van der Waals surface area (Å²) in [7, 11) is 0. The number of hydrogen-bond donors (Lipinski definition) is 1. The van der Waals surface area contributed by atoms with Crippen molar-refractivity contribution in [1.82, 2.24) is 4.90 Å². The average molecular weight is 525 g/mol. The van der Waals surface area contributed by atoms with Crippen molar-refractivity contribution in [1.29, 1.82) is 0 Å². The first-order valence-electron chi connectivity index (χ1n) is 11.0. The topological polar surface area (TPSA) is 75.7 Å². The Morgan fingerprint density at radius 2 is 1.86 bits per heavy atom. The number of ether oxygens (including phenoxy) is 1. The second-order valence-electron chi connectivity index (χ2n) is 8.18. The van der Waals surface area contributed by atoms with E-state index in [1.54, 1.807) is 42.5 Å². The molecule has 1 fully saturated rings. The predicted molar refractivity (Wildman–Crippen MR) is 139 cm³/mol. The van der Waals surface area contributed by atoms with Gasteiger partial charge in [0.2, 0.25) is 5.91 Å². The van der Waals surface area contributed by atoms with Crippen molar-refractivity contribution in [2.75, 3.05) is 11.9 Å². The molecule has 3 amide bonds. The van der Waals surface area contributed by atoms with Crippen LogP contribution in [0.4, 0.5) is 14.9 Å². The summed E-state index contributed by atoms with van der Waals surface area (Å²) in [6, 6.07) is 16.7. The summed E-state index contributed by atoms with van der Waals surface area (Å²) in [4.78, 5) is 38.8. The Labute approximate surface area is 217 Å². The lowest BCUT2D eigenvalue weighted by Gasteiger charge is -2.13. The van der Waals surface area contributed by atoms with Crippen molar-refractivity contribution in [2.24, 2.45) is 0 Å². The van der Waals surface area contributed by atoms with Gasteiger partial charge >= 0.3 is 0 Å². The number of benzene rings is 3. The minimum absolute atomic E-state index is 0.0684. The van der Waals surface area contributed by atoms with E-state index >= 15 is 0 Å². The first kappa shape index (κ1) is 25.5. The van der Waals surface area contributed by atoms with Crippen molar-refractivity contribution in [3.05, 3.63) is 98.7 Å². The fraction of sp³-hybridized carbons (Fsp3) is 0.148. The molecule has 3 aromatic rings. The van der Waals surface area contributed by atoms with Gasteiger partial charge < -0.3 is 10.1 Å². The molecule has 0 spiro atoms. The van der Waals surface area contributed by atoms with Crippen LogP contribution in [0.3, 0.4) is 0 Å². The number of nitrogens with one attached hydrogen (secondary N) is 1. The first-order chi connectivity index (χ1) is 17.2. The zero-order valence-corrected chi connectivity index (χ0v) is 21.1. The highest BCUT2D eigenvalue weighted by atomic mass is 35.5. The predicted octanol–water partition coefficient (Wildman–Crippen LogP) is 6.35. The van der Waals surface area contributed by atoms with Gasteiger partial charge in [-0.3, -0.25) is 19.3 Å². The van der Waals surface area contributed by atoms with Crippen LogP contribution in [0.15, 0.2) is 65.6 Å². The Kier molecular flexibility index (Phi) is 7.76. The Hall–Kier alpha value is -3.62. The second kappa shape index (κ2) is 11.0. The summed E-state index contributed by atoms with van der Waals surface area (Å²) in [5.41, 5.74) is 3.56. The fourth-order valence-corrected chi connectivity index (χ4v) is 4.53. The molecular formula is C27H22ClFN2O4S. The van der Waals surface area contributed by atoms with Gasteiger partial charge in [0.15, 0.2) is 0 Å². The van der Waals surface area contributed by atoms with E-state index in [1.807, 2.05) is 26.0 Å². The van der Waals surface area contributed by atoms with Gasteiger partial charge in [0, 0.05) is 11.3 Å². The van der Waals surface area contributed by atoms with E-state index in [1.165, 1.54) is 12.1 Å². The van der Waals surface area contributed by atoms with Crippen LogP contribution in [0, 0.1) is 19.7 Å². The largest absolute Gasteiger partial charge is 0.489 e. The zero-order chi connectivity index (χ0) is 25.8. The Morgan fingerprint density at radius 1 is 1.08 bits per heavy atom. The smallest absolute Gasteiger partial charge is 0.294 e. The van der Waals surface area contributed by atoms with Gasteiger partial charge in [-0.15, -0.1) is 0 Å². The standard InChI is InChI=1S/C27H22ClFN2O4S/c1-16-9-10-19(11-17(16)2)30-25(32)14-31-26(33)24(36-27(31)34)13-18-5-3-6-20(12-18)35-15-21-22(28)7-4-8-23(21)29/h3-13H,14-15H2,1-2H3,(H,30,32)/b24-13+. The van der Waals surface area contributed by atoms with E-state index in [9.17, 15) is 18.8 Å². The zero-order valence-electron chi connectivity index (χ0n) is 19.5. The van der Waals surface area contributed by atoms with Crippen LogP contribution in [0.25, 0.3) is 6.08 Å². The highest BCUT2D eigenvalue weighted by molar-refractivity contribution is 8.18. The van der Waals surface area contributed by atoms with Gasteiger partial charge in [-0.25, -0.2) is 4.39 Å². The molecule has 1 saturated heterocycles. The third-order valence-electron chi connectivity index (χ3n) is 5.57. The number of hydrogen-bond acceptors (Lipinski definition) is 5. The molecule has 0 saturated carbocycles. The summed E-state index contributed by atoms with van der Waals surface area (Å²) in [5.74, 6) is -1.04. The third-order valence-corrected chi connectivity index (χ3v) is 6.83. The van der Waals surface area contributed by atoms with Crippen LogP contribution in [0.1, 0.15) is 22.3 Å². The maximum absolute atomic E-state index is 14.0. The summed E-state index contributed by atoms with van der Waals surface area (Å²) < 4.78 is 19.7. The number of imide groups is 1. The number of carbonyl (C=O) groups excluding carboxylic acids is 3. The number of carbonyl (C=O) groups is 3. The van der Waals surface area contributed by atoms with Gasteiger partial charge in [0.05, 0.1) is 9.93 Å². The van der Waals surface area contributed by atoms with Gasteiger partial charge in [-0.1, -0.05) is 35.9 Å². The monoisotopic (exact) mass is 524 g/mol. The lowest BCUT2D eigenvalue weighted by atomic mass is 10.1. The van der Waals surface area contributed by atoms with Crippen LogP contribution in [-0.4, -0.2) is 28.5 Å². The quantitative estimate of drug-likeness (QED) is 0.364. The fourth-order valence-electron chi connectivity index (χ4n) is 3.47. The number of halogens is 2. The molecule has 6 nitrogen and oxygen atoms in total. The SMILES string of the molecule is Cc1ccc(NC(=O)CN2C(=O)S/C(=C/c3cccc(OCc4c(F)cccc4Cl)c3)C2=O)cc1C. The Morgan fingerprint density at radius 3 is 2.61 bits per heavy atom. The van der Waals surface area contributed by atoms with Crippen LogP contribution < -0.4 is 10.1 Å². The molecule has 0 unspecified atom stereocenters. The van der Waals surface area contributed by atoms with Gasteiger partial charge in [-0.05, 0) is 84.8 Å². The highest BCUT2D eigenvalue weighted by Crippen LogP contribution is 2.33. The molecule has 1 heterocycles. The number of nitrogens with zero attached hydrogens (tertiary/aromatic N) is 1. The maximum Gasteiger partial charge on any atom is 0.294 e. The highest BCUT2D eigenvalue weighted by Gasteiger charge is 2.36. The molecule has 1 N–H and O–H groups in total. The molecule has 4 rings (SSSR count). The van der Waals surface area contributed by atoms with Crippen molar-refractivity contribution < 1.29 is 23.5 Å². The van der Waals surface area contributed by atoms with Crippen LogP contribution >= 0.6 is 23.4 Å². The van der Waals surface area contributed by atoms with Crippen LogP contribution in [0.5, 0.6) is 5.75 Å². The molecule has 184 valence electrons. The number of anilines is 1. The Bertz CT molecular complexity index is 1370. The number of thioether (sulfide) groups is 1. The van der Waals surface area contributed by atoms with Crippen LogP contribution in [-0.2, 0) is 16.2 Å². The van der Waals surface area contributed by atoms with E-state index < -0.39 is 22.9 Å². The molecule has 36 heavy (non-hydrogen) atoms. The molecular weight excluding hydrogens is 503 g/mol. The van der Waals surface area contributed by atoms with Crippen LogP contribution in [0.2, 0.25) is 5.02 Å². The summed E-state index contributed by atoms with van der Waals surface area (Å²) in [6.45, 7) is 3.44. The maximum atomic E-state index is 14.0.